The summed E-state index contributed by atoms with van der Waals surface area (Å²) < 4.78 is 0. The Morgan fingerprint density at radius 2 is 2.21 bits per heavy atom. The lowest BCUT2D eigenvalue weighted by molar-refractivity contribution is 0.130. The van der Waals surface area contributed by atoms with Gasteiger partial charge in [-0.2, -0.15) is 0 Å². The van der Waals surface area contributed by atoms with Crippen LogP contribution < -0.4 is 0 Å². The number of allylic oxidation sites excluding steroid dienone is 1. The zero-order chi connectivity index (χ0) is 10.6. The minimum Gasteiger partial charge on any atom is -0.396 e. The van der Waals surface area contributed by atoms with E-state index >= 15 is 0 Å². The Morgan fingerprint density at radius 1 is 1.57 bits per heavy atom. The molecular weight excluding hydrogens is 215 g/mol. The van der Waals surface area contributed by atoms with Crippen molar-refractivity contribution in [2.45, 2.75) is 19.5 Å². The molecule has 2 rings (SSSR count). The van der Waals surface area contributed by atoms with Gasteiger partial charge in [-0.15, -0.1) is 0 Å². The molecule has 0 aromatic carbocycles. The summed E-state index contributed by atoms with van der Waals surface area (Å²) in [5.41, 5.74) is 1.57. The minimum atomic E-state index is -1.52. The summed E-state index contributed by atoms with van der Waals surface area (Å²) in [7, 11) is 0. The van der Waals surface area contributed by atoms with Crippen LogP contribution in [0.15, 0.2) is 11.4 Å². The van der Waals surface area contributed by atoms with Crippen LogP contribution in [0.2, 0.25) is 0 Å². The van der Waals surface area contributed by atoms with Crippen LogP contribution in [0.5, 0.6) is 0 Å². The molecule has 0 saturated carbocycles. The smallest absolute Gasteiger partial charge is 0.0512 e. The number of hydrogen-bond donors (Lipinski definition) is 2. The van der Waals surface area contributed by atoms with Crippen LogP contribution >= 0.6 is 6.04 Å². The number of rotatable bonds is 2. The minimum absolute atomic E-state index is 0.0671. The molecular formula is C10H17O2PS. The lowest BCUT2D eigenvalue weighted by atomic mass is 9.73. The maximum absolute atomic E-state index is 9.42. The van der Waals surface area contributed by atoms with Gasteiger partial charge in [-0.1, -0.05) is 30.1 Å². The fourth-order valence-electron chi connectivity index (χ4n) is 3.10. The Hall–Kier alpha value is 0.310. The second-order valence-electron chi connectivity index (χ2n) is 4.78. The van der Waals surface area contributed by atoms with Crippen molar-refractivity contribution >= 4 is 17.8 Å². The highest BCUT2D eigenvalue weighted by Crippen LogP contribution is 2.74. The Bertz CT molecular complexity index is 339. The van der Waals surface area contributed by atoms with Crippen LogP contribution in [0, 0.1) is 11.3 Å². The highest BCUT2D eigenvalue weighted by Gasteiger charge is 2.57. The van der Waals surface area contributed by atoms with Crippen LogP contribution in [0.1, 0.15) is 13.8 Å². The van der Waals surface area contributed by atoms with E-state index in [1.807, 2.05) is 0 Å². The summed E-state index contributed by atoms with van der Waals surface area (Å²) in [4.78, 5) is 0. The summed E-state index contributed by atoms with van der Waals surface area (Å²) in [5, 5.41) is 18.8. The summed E-state index contributed by atoms with van der Waals surface area (Å²) in [5.74, 6) is 2.42. The summed E-state index contributed by atoms with van der Waals surface area (Å²) in [6.07, 6.45) is 1.01. The summed E-state index contributed by atoms with van der Waals surface area (Å²) >= 11 is 5.69. The third kappa shape index (κ3) is 1.13. The molecule has 0 aromatic heterocycles. The largest absolute Gasteiger partial charge is 0.396 e. The SMILES string of the molecule is CC1=C[P@]2(=S)C[C@@]1(C)[C@H](CO)[C@@H]2CO. The molecule has 0 aliphatic carbocycles. The summed E-state index contributed by atoms with van der Waals surface area (Å²) in [6.45, 7) is 4.60. The topological polar surface area (TPSA) is 40.5 Å². The first-order valence-corrected chi connectivity index (χ1v) is 8.10. The summed E-state index contributed by atoms with van der Waals surface area (Å²) in [6, 6.07) is -1.52. The third-order valence-electron chi connectivity index (χ3n) is 4.12. The van der Waals surface area contributed by atoms with E-state index in [4.69, 9.17) is 11.8 Å². The van der Waals surface area contributed by atoms with Gasteiger partial charge in [0.15, 0.2) is 0 Å². The average molecular weight is 232 g/mol. The Kier molecular flexibility index (Phi) is 2.43. The van der Waals surface area contributed by atoms with E-state index in [0.717, 1.165) is 6.16 Å². The predicted molar refractivity (Wildman–Crippen MR) is 62.5 cm³/mol. The van der Waals surface area contributed by atoms with Crippen molar-refractivity contribution in [2.24, 2.45) is 11.3 Å². The van der Waals surface area contributed by atoms with Crippen molar-refractivity contribution in [3.05, 3.63) is 11.4 Å². The predicted octanol–water partition coefficient (Wildman–Crippen LogP) is 1.37. The molecule has 14 heavy (non-hydrogen) atoms. The van der Waals surface area contributed by atoms with Crippen molar-refractivity contribution in [3.8, 4) is 0 Å². The van der Waals surface area contributed by atoms with Gasteiger partial charge in [0.1, 0.15) is 0 Å². The van der Waals surface area contributed by atoms with Crippen LogP contribution in [0.4, 0.5) is 0 Å². The van der Waals surface area contributed by atoms with Crippen LogP contribution in [-0.2, 0) is 11.8 Å². The van der Waals surface area contributed by atoms with Gasteiger partial charge >= 0.3 is 0 Å². The molecule has 1 fully saturated rings. The van der Waals surface area contributed by atoms with Gasteiger partial charge < -0.3 is 10.2 Å². The van der Waals surface area contributed by atoms with E-state index in [2.05, 4.69) is 19.7 Å². The van der Waals surface area contributed by atoms with Crippen molar-refractivity contribution in [1.82, 2.24) is 0 Å². The molecule has 4 heteroatoms. The zero-order valence-corrected chi connectivity index (χ0v) is 10.3. The average Bonchev–Trinajstić information content (AvgIpc) is 2.46. The van der Waals surface area contributed by atoms with Crippen molar-refractivity contribution < 1.29 is 10.2 Å². The number of aliphatic hydroxyl groups excluding tert-OH is 2. The number of hydrogen-bond acceptors (Lipinski definition) is 3. The molecule has 2 aliphatic heterocycles. The zero-order valence-electron chi connectivity index (χ0n) is 8.60. The van der Waals surface area contributed by atoms with Crippen LogP contribution in [-0.4, -0.2) is 35.2 Å². The fourth-order valence-corrected chi connectivity index (χ4v) is 9.31. The number of fused-ring (bicyclic) bond motifs is 2. The van der Waals surface area contributed by atoms with E-state index in [9.17, 15) is 10.2 Å². The monoisotopic (exact) mass is 232 g/mol. The molecule has 4 atom stereocenters. The Morgan fingerprint density at radius 3 is 2.71 bits per heavy atom. The van der Waals surface area contributed by atoms with Gasteiger partial charge in [0.05, 0.1) is 6.61 Å². The first kappa shape index (κ1) is 10.8. The van der Waals surface area contributed by atoms with Gasteiger partial charge in [0.2, 0.25) is 0 Å². The molecule has 0 spiro atoms. The lowest BCUT2D eigenvalue weighted by Crippen LogP contribution is -2.35. The highest BCUT2D eigenvalue weighted by molar-refractivity contribution is 8.16. The van der Waals surface area contributed by atoms with E-state index in [1.54, 1.807) is 0 Å². The van der Waals surface area contributed by atoms with Gasteiger partial charge in [-0.05, 0) is 24.5 Å². The van der Waals surface area contributed by atoms with Crippen molar-refractivity contribution in [1.29, 1.82) is 0 Å². The second kappa shape index (κ2) is 3.15. The van der Waals surface area contributed by atoms with Gasteiger partial charge in [0.25, 0.3) is 0 Å². The first-order chi connectivity index (χ1) is 6.48. The van der Waals surface area contributed by atoms with E-state index in [-0.39, 0.29) is 30.2 Å². The van der Waals surface area contributed by atoms with Gasteiger partial charge in [-0.25, -0.2) is 0 Å². The maximum atomic E-state index is 9.42. The Labute approximate surface area is 90.0 Å². The molecule has 1 saturated heterocycles. The van der Waals surface area contributed by atoms with E-state index in [0.29, 0.717) is 0 Å². The molecule has 2 nitrogen and oxygen atoms in total. The normalized spacial score (nSPS) is 51.0. The maximum Gasteiger partial charge on any atom is 0.0512 e. The Balaban J connectivity index is 2.49. The molecule has 0 radical (unpaired) electrons. The number of aliphatic hydroxyl groups is 2. The molecule has 80 valence electrons. The third-order valence-corrected chi connectivity index (χ3v) is 9.25. The molecule has 2 N–H and O–H groups in total. The quantitative estimate of drug-likeness (QED) is 0.706. The molecule has 2 heterocycles. The highest BCUT2D eigenvalue weighted by atomic mass is 32.4. The molecule has 0 unspecified atom stereocenters. The fraction of sp³-hybridized carbons (Fsp3) is 0.800. The van der Waals surface area contributed by atoms with Crippen LogP contribution in [0.25, 0.3) is 0 Å². The molecule has 2 bridgehead atoms. The van der Waals surface area contributed by atoms with E-state index in [1.165, 1.54) is 5.57 Å². The molecule has 2 aliphatic rings. The second-order valence-corrected chi connectivity index (χ2v) is 9.77. The van der Waals surface area contributed by atoms with Crippen molar-refractivity contribution in [3.63, 3.8) is 0 Å². The van der Waals surface area contributed by atoms with Crippen LogP contribution in [0.3, 0.4) is 0 Å². The van der Waals surface area contributed by atoms with Crippen molar-refractivity contribution in [2.75, 3.05) is 19.4 Å². The first-order valence-electron chi connectivity index (χ1n) is 4.98. The molecule has 0 amide bonds. The molecule has 0 aromatic rings. The van der Waals surface area contributed by atoms with Gasteiger partial charge in [0, 0.05) is 18.2 Å². The lowest BCUT2D eigenvalue weighted by Gasteiger charge is -2.35. The standard InChI is InChI=1S/C10H17O2PS/c1-7-5-13(14)6-10(7,2)8(3-11)9(13)4-12/h5,8-9,11-12H,3-4,6H2,1-2H3/t8-,9+,10-,13+/m1/s1. The van der Waals surface area contributed by atoms with Gasteiger partial charge in [-0.3, -0.25) is 0 Å². The van der Waals surface area contributed by atoms with E-state index < -0.39 is 6.04 Å².